The summed E-state index contributed by atoms with van der Waals surface area (Å²) in [5.74, 6) is -0.446. The summed E-state index contributed by atoms with van der Waals surface area (Å²) in [6, 6.07) is 0.104. The van der Waals surface area contributed by atoms with Gasteiger partial charge in [-0.15, -0.1) is 0 Å². The molecule has 5 N–H and O–H groups in total. The Morgan fingerprint density at radius 1 is 1.36 bits per heavy atom. The second-order valence-corrected chi connectivity index (χ2v) is 6.27. The Labute approximate surface area is 186 Å². The van der Waals surface area contributed by atoms with Crippen LogP contribution in [0.15, 0.2) is 9.98 Å². The van der Waals surface area contributed by atoms with Crippen LogP contribution in [0.2, 0.25) is 0 Å². The van der Waals surface area contributed by atoms with E-state index in [2.05, 4.69) is 19.8 Å². The second-order valence-electron chi connectivity index (χ2n) is 5.03. The first-order chi connectivity index (χ1) is 10.8. The Kier molecular flexibility index (Phi) is 8.56. The molecule has 0 aromatic carbocycles. The van der Waals surface area contributed by atoms with Crippen LogP contribution in [-0.4, -0.2) is 80.8 Å². The van der Waals surface area contributed by atoms with Gasteiger partial charge in [-0.1, -0.05) is 6.34 Å². The Balaban J connectivity index is 0.00000156. The molecule has 3 aliphatic heterocycles. The van der Waals surface area contributed by atoms with E-state index in [9.17, 15) is 19.6 Å². The zero-order valence-corrected chi connectivity index (χ0v) is 18.4. The third kappa shape index (κ3) is 5.05. The largest absolute Gasteiger partial charge is 1.00 e. The van der Waals surface area contributed by atoms with Crippen molar-refractivity contribution >= 4 is 26.4 Å². The van der Waals surface area contributed by atoms with E-state index in [-0.39, 0.29) is 65.2 Å². The molecule has 0 spiro atoms. The molecule has 0 bridgehead atoms. The topological polar surface area (TPSA) is 174 Å². The van der Waals surface area contributed by atoms with Gasteiger partial charge in [-0.3, -0.25) is 14.3 Å². The maximum absolute atomic E-state index is 11.6. The summed E-state index contributed by atoms with van der Waals surface area (Å²) < 4.78 is 20.4. The summed E-state index contributed by atoms with van der Waals surface area (Å²) in [5, 5.41) is 22.4. The molecule has 0 aromatic heterocycles. The van der Waals surface area contributed by atoms with E-state index in [1.165, 1.54) is 17.6 Å². The number of amides is 1. The molecule has 0 aromatic rings. The van der Waals surface area contributed by atoms with Gasteiger partial charge < -0.3 is 39.9 Å². The van der Waals surface area contributed by atoms with Gasteiger partial charge in [-0.2, -0.15) is 0 Å². The van der Waals surface area contributed by atoms with Crippen molar-refractivity contribution in [1.82, 2.24) is 10.2 Å². The molecule has 128 valence electrons. The summed E-state index contributed by atoms with van der Waals surface area (Å²) in [7, 11) is -4.73. The monoisotopic (exact) mass is 395 g/mol. The molecule has 15 heteroatoms. The third-order valence-electron chi connectivity index (χ3n) is 3.54. The second kappa shape index (κ2) is 9.11. The summed E-state index contributed by atoms with van der Waals surface area (Å²) >= 11 is 0. The van der Waals surface area contributed by atoms with E-state index in [4.69, 9.17) is 14.5 Å². The van der Waals surface area contributed by atoms with Crippen molar-refractivity contribution in [3.8, 4) is 0 Å². The molecule has 5 atom stereocenters. The quantitative estimate of drug-likeness (QED) is 0.176. The summed E-state index contributed by atoms with van der Waals surface area (Å²) in [6.07, 6.45) is -3.50. The number of aliphatic hydroxyl groups is 2. The van der Waals surface area contributed by atoms with Crippen LogP contribution in [0.25, 0.3) is 0 Å². The number of hydrogen-bond acceptors (Lipinski definition) is 9. The van der Waals surface area contributed by atoms with Crippen LogP contribution in [0.1, 0.15) is 0 Å². The third-order valence-corrected chi connectivity index (χ3v) is 4.02. The number of carbonyl (C=O) groups excluding carboxylic acids is 1. The minimum absolute atomic E-state index is 0. The van der Waals surface area contributed by atoms with Crippen LogP contribution in [-0.2, 0) is 18.6 Å². The summed E-state index contributed by atoms with van der Waals surface area (Å²) in [5.41, 5.74) is 0. The molecule has 1 unspecified atom stereocenters. The van der Waals surface area contributed by atoms with Crippen LogP contribution in [0, 0.1) is 6.04 Å². The molecular formula is C10H14N4Na2O8P+. The molecule has 0 saturated carbocycles. The number of nitrogens with one attached hydrogen (secondary N) is 1. The predicted molar refractivity (Wildman–Crippen MR) is 72.7 cm³/mol. The van der Waals surface area contributed by atoms with Gasteiger partial charge >= 0.3 is 66.9 Å². The normalized spacial score (nSPS) is 33.6. The number of ether oxygens (including phenoxy) is 1. The van der Waals surface area contributed by atoms with E-state index in [1.807, 2.05) is 0 Å². The number of phosphoric acid groups is 1. The first-order valence-corrected chi connectivity index (χ1v) is 8.03. The van der Waals surface area contributed by atoms with Gasteiger partial charge in [0.2, 0.25) is 0 Å². The molecule has 1 amide bonds. The first-order valence-electron chi connectivity index (χ1n) is 6.50. The van der Waals surface area contributed by atoms with Crippen molar-refractivity contribution in [2.24, 2.45) is 9.98 Å². The SMILES string of the molecule is O=C1NC=NC2[C-]1N=CN2[C@@H]1O[C@H](COP(=O)(O)O)[C@@H](O)[C@H]1O.[Na+].[Na+]. The Hall–Kier alpha value is 0.470. The Bertz CT molecular complexity index is 603. The smallest absolute Gasteiger partial charge is 0.422 e. The zero-order chi connectivity index (χ0) is 16.8. The van der Waals surface area contributed by atoms with Gasteiger partial charge in [-0.05, 0) is 6.04 Å². The van der Waals surface area contributed by atoms with Gasteiger partial charge in [0.15, 0.2) is 5.91 Å². The van der Waals surface area contributed by atoms with Crippen molar-refractivity contribution in [3.05, 3.63) is 6.04 Å². The molecule has 1 fully saturated rings. The van der Waals surface area contributed by atoms with Crippen molar-refractivity contribution in [2.75, 3.05) is 6.61 Å². The standard InChI is InChI=1S/C10H14N4O8P.2Na/c15-6-4(1-21-23(18,19)20)22-10(7(6)16)14-3-13-5-8(14)11-2-12-9(5)17;;/h2-4,6-8,10,15-16H,1H2,(H,11,12,17)(H2,18,19,20);;/q-1;2*+1/t4-,6-,7-,8?,10-;;/m1../s1. The molecule has 12 nitrogen and oxygen atoms in total. The maximum atomic E-state index is 11.6. The van der Waals surface area contributed by atoms with Crippen molar-refractivity contribution < 1.29 is 97.7 Å². The van der Waals surface area contributed by atoms with Gasteiger partial charge in [0.05, 0.1) is 19.1 Å². The average Bonchev–Trinajstić information content (AvgIpc) is 3.01. The molecule has 3 heterocycles. The number of aliphatic hydroxyl groups excluding tert-OH is 2. The van der Waals surface area contributed by atoms with E-state index < -0.39 is 51.0 Å². The number of rotatable bonds is 4. The number of phosphoric ester groups is 1. The fraction of sp³-hybridized carbons (Fsp3) is 0.600. The summed E-state index contributed by atoms with van der Waals surface area (Å²) in [6.45, 7) is -0.616. The first kappa shape index (κ1) is 23.5. The summed E-state index contributed by atoms with van der Waals surface area (Å²) in [4.78, 5) is 38.2. The van der Waals surface area contributed by atoms with Crippen LogP contribution in [0.5, 0.6) is 0 Å². The van der Waals surface area contributed by atoms with E-state index in [0.29, 0.717) is 0 Å². The number of hydrogen-bond donors (Lipinski definition) is 5. The Morgan fingerprint density at radius 3 is 2.68 bits per heavy atom. The van der Waals surface area contributed by atoms with Crippen molar-refractivity contribution in [2.45, 2.75) is 30.7 Å². The molecule has 0 radical (unpaired) electrons. The van der Waals surface area contributed by atoms with Gasteiger partial charge in [0.25, 0.3) is 0 Å². The van der Waals surface area contributed by atoms with Crippen LogP contribution in [0.4, 0.5) is 0 Å². The zero-order valence-electron chi connectivity index (χ0n) is 13.5. The fourth-order valence-corrected chi connectivity index (χ4v) is 2.79. The molecule has 1 saturated heterocycles. The van der Waals surface area contributed by atoms with Crippen LogP contribution < -0.4 is 64.4 Å². The molecular weight excluding hydrogens is 381 g/mol. The Morgan fingerprint density at radius 2 is 2.04 bits per heavy atom. The van der Waals surface area contributed by atoms with Gasteiger partial charge in [-0.25, -0.2) is 4.57 Å². The van der Waals surface area contributed by atoms with E-state index in [0.717, 1.165) is 0 Å². The minimum atomic E-state index is -4.73. The van der Waals surface area contributed by atoms with Crippen molar-refractivity contribution in [3.63, 3.8) is 0 Å². The van der Waals surface area contributed by atoms with Gasteiger partial charge in [0.1, 0.15) is 24.5 Å². The fourth-order valence-electron chi connectivity index (χ4n) is 2.45. The molecule has 0 aliphatic carbocycles. The van der Waals surface area contributed by atoms with Crippen molar-refractivity contribution in [1.29, 1.82) is 0 Å². The molecule has 3 rings (SSSR count). The van der Waals surface area contributed by atoms with Gasteiger partial charge in [0, 0.05) is 0 Å². The number of nitrogens with zero attached hydrogens (tertiary/aromatic N) is 3. The van der Waals surface area contributed by atoms with Crippen LogP contribution in [0.3, 0.4) is 0 Å². The number of carbonyl (C=O) groups is 1. The minimum Gasteiger partial charge on any atom is -0.422 e. The van der Waals surface area contributed by atoms with E-state index in [1.54, 1.807) is 0 Å². The maximum Gasteiger partial charge on any atom is 1.00 e. The molecule has 25 heavy (non-hydrogen) atoms. The predicted octanol–water partition coefficient (Wildman–Crippen LogP) is -9.09. The van der Waals surface area contributed by atoms with Crippen LogP contribution >= 0.6 is 7.82 Å². The number of fused-ring (bicyclic) bond motifs is 1. The average molecular weight is 395 g/mol. The van der Waals surface area contributed by atoms with E-state index >= 15 is 0 Å². The molecule has 3 aliphatic rings. The number of aliphatic imine (C=N–C) groups is 2.